The molecule has 4 nitrogen and oxygen atoms in total. The lowest BCUT2D eigenvalue weighted by atomic mass is 9.87. The summed E-state index contributed by atoms with van der Waals surface area (Å²) in [5.74, 6) is 0.179. The lowest BCUT2D eigenvalue weighted by molar-refractivity contribution is -0.142. The van der Waals surface area contributed by atoms with Crippen molar-refractivity contribution >= 4 is 18.3 Å². The van der Waals surface area contributed by atoms with Gasteiger partial charge in [0, 0.05) is 19.6 Å². The maximum absolute atomic E-state index is 12.3. The van der Waals surface area contributed by atoms with Crippen LogP contribution in [0.25, 0.3) is 0 Å². The summed E-state index contributed by atoms with van der Waals surface area (Å²) in [6, 6.07) is 0. The molecule has 2 fully saturated rings. The molecule has 0 aromatic heterocycles. The van der Waals surface area contributed by atoms with Crippen LogP contribution in [0.4, 0.5) is 0 Å². The molecule has 0 radical (unpaired) electrons. The molecule has 2 heterocycles. The number of hydrogen-bond acceptors (Lipinski definition) is 3. The van der Waals surface area contributed by atoms with Gasteiger partial charge in [0.25, 0.3) is 5.91 Å². The molecule has 0 spiro atoms. The molecule has 3 atom stereocenters. The van der Waals surface area contributed by atoms with Crippen molar-refractivity contribution in [3.63, 3.8) is 0 Å². The number of carbonyl (C=O) groups is 1. The quantitative estimate of drug-likeness (QED) is 0.851. The van der Waals surface area contributed by atoms with Crippen molar-refractivity contribution in [1.29, 1.82) is 0 Å². The van der Waals surface area contributed by atoms with Crippen molar-refractivity contribution in [2.24, 2.45) is 11.1 Å². The van der Waals surface area contributed by atoms with E-state index in [4.69, 9.17) is 10.5 Å². The molecular weight excluding hydrogens is 252 g/mol. The topological polar surface area (TPSA) is 55.6 Å². The van der Waals surface area contributed by atoms with Gasteiger partial charge in [-0.15, -0.1) is 12.4 Å². The number of nitrogens with two attached hydrogens (primary N) is 1. The first-order valence-corrected chi connectivity index (χ1v) is 6.72. The minimum absolute atomic E-state index is 0. The molecule has 2 aliphatic heterocycles. The fourth-order valence-electron chi connectivity index (χ4n) is 2.76. The second-order valence-corrected chi connectivity index (χ2v) is 5.73. The van der Waals surface area contributed by atoms with E-state index < -0.39 is 0 Å². The normalized spacial score (nSPS) is 35.6. The molecule has 0 aromatic rings. The van der Waals surface area contributed by atoms with Gasteiger partial charge in [0.1, 0.15) is 6.10 Å². The molecule has 1 unspecified atom stereocenters. The molecule has 5 heteroatoms. The van der Waals surface area contributed by atoms with Crippen LogP contribution in [-0.4, -0.2) is 42.6 Å². The first-order chi connectivity index (χ1) is 8.08. The van der Waals surface area contributed by atoms with E-state index in [0.29, 0.717) is 12.0 Å². The van der Waals surface area contributed by atoms with E-state index in [1.54, 1.807) is 0 Å². The third kappa shape index (κ3) is 3.16. The van der Waals surface area contributed by atoms with Crippen LogP contribution >= 0.6 is 12.4 Å². The SMILES string of the molecule is CCC1(C)CCN(C(=O)[C@@H]2CC[C@H](CN)O2)C1.Cl. The molecule has 2 rings (SSSR count). The highest BCUT2D eigenvalue weighted by atomic mass is 35.5. The van der Waals surface area contributed by atoms with Gasteiger partial charge < -0.3 is 15.4 Å². The number of hydrogen-bond donors (Lipinski definition) is 1. The van der Waals surface area contributed by atoms with Crippen molar-refractivity contribution < 1.29 is 9.53 Å². The maximum Gasteiger partial charge on any atom is 0.251 e. The molecule has 2 aliphatic rings. The van der Waals surface area contributed by atoms with Crippen molar-refractivity contribution in [1.82, 2.24) is 4.90 Å². The van der Waals surface area contributed by atoms with E-state index in [-0.39, 0.29) is 30.5 Å². The number of rotatable bonds is 3. The number of halogens is 1. The van der Waals surface area contributed by atoms with Crippen molar-refractivity contribution in [3.8, 4) is 0 Å². The van der Waals surface area contributed by atoms with Crippen LogP contribution in [0.15, 0.2) is 0 Å². The fourth-order valence-corrected chi connectivity index (χ4v) is 2.76. The first kappa shape index (κ1) is 15.7. The Morgan fingerprint density at radius 1 is 1.50 bits per heavy atom. The minimum Gasteiger partial charge on any atom is -0.364 e. The van der Waals surface area contributed by atoms with E-state index in [2.05, 4.69) is 13.8 Å². The predicted molar refractivity (Wildman–Crippen MR) is 73.8 cm³/mol. The molecule has 18 heavy (non-hydrogen) atoms. The molecule has 0 saturated carbocycles. The highest BCUT2D eigenvalue weighted by Gasteiger charge is 2.39. The molecule has 2 N–H and O–H groups in total. The average Bonchev–Trinajstić information content (AvgIpc) is 2.95. The summed E-state index contributed by atoms with van der Waals surface area (Å²) in [6.45, 7) is 6.76. The van der Waals surface area contributed by atoms with Gasteiger partial charge in [0.2, 0.25) is 0 Å². The summed E-state index contributed by atoms with van der Waals surface area (Å²) >= 11 is 0. The summed E-state index contributed by atoms with van der Waals surface area (Å²) < 4.78 is 5.67. The third-order valence-electron chi connectivity index (χ3n) is 4.37. The zero-order chi connectivity index (χ0) is 12.5. The van der Waals surface area contributed by atoms with Crippen LogP contribution in [0.2, 0.25) is 0 Å². The van der Waals surface area contributed by atoms with Crippen LogP contribution in [0.3, 0.4) is 0 Å². The Balaban J connectivity index is 0.00000162. The van der Waals surface area contributed by atoms with Gasteiger partial charge in [-0.05, 0) is 31.1 Å². The van der Waals surface area contributed by atoms with Gasteiger partial charge in [-0.2, -0.15) is 0 Å². The van der Waals surface area contributed by atoms with Gasteiger partial charge in [-0.25, -0.2) is 0 Å². The van der Waals surface area contributed by atoms with Crippen LogP contribution in [-0.2, 0) is 9.53 Å². The second kappa shape index (κ2) is 6.22. The maximum atomic E-state index is 12.3. The predicted octanol–water partition coefficient (Wildman–Crippen LogP) is 1.56. The molecule has 0 aliphatic carbocycles. The smallest absolute Gasteiger partial charge is 0.251 e. The Kier molecular flexibility index (Phi) is 5.44. The van der Waals surface area contributed by atoms with E-state index in [9.17, 15) is 4.79 Å². The van der Waals surface area contributed by atoms with E-state index in [1.165, 1.54) is 0 Å². The summed E-state index contributed by atoms with van der Waals surface area (Å²) in [5.41, 5.74) is 5.87. The Labute approximate surface area is 116 Å². The molecule has 0 aromatic carbocycles. The third-order valence-corrected chi connectivity index (χ3v) is 4.37. The average molecular weight is 277 g/mol. The lowest BCUT2D eigenvalue weighted by Crippen LogP contribution is -2.39. The summed E-state index contributed by atoms with van der Waals surface area (Å²) in [7, 11) is 0. The van der Waals surface area contributed by atoms with Crippen LogP contribution < -0.4 is 5.73 Å². The second-order valence-electron chi connectivity index (χ2n) is 5.73. The largest absolute Gasteiger partial charge is 0.364 e. The van der Waals surface area contributed by atoms with Gasteiger partial charge in [-0.1, -0.05) is 13.8 Å². The van der Waals surface area contributed by atoms with Crippen LogP contribution in [0, 0.1) is 5.41 Å². The van der Waals surface area contributed by atoms with Gasteiger partial charge >= 0.3 is 0 Å². The lowest BCUT2D eigenvalue weighted by Gasteiger charge is -2.24. The molecule has 2 saturated heterocycles. The number of ether oxygens (including phenoxy) is 1. The number of nitrogens with zero attached hydrogens (tertiary/aromatic N) is 1. The number of carbonyl (C=O) groups excluding carboxylic acids is 1. The van der Waals surface area contributed by atoms with Crippen LogP contribution in [0.1, 0.15) is 39.5 Å². The highest BCUT2D eigenvalue weighted by molar-refractivity contribution is 5.85. The first-order valence-electron chi connectivity index (χ1n) is 6.72. The van der Waals surface area contributed by atoms with E-state index in [1.807, 2.05) is 4.90 Å². The number of amides is 1. The van der Waals surface area contributed by atoms with Gasteiger partial charge in [0.15, 0.2) is 0 Å². The van der Waals surface area contributed by atoms with E-state index >= 15 is 0 Å². The molecule has 0 bridgehead atoms. The fraction of sp³-hybridized carbons (Fsp3) is 0.923. The van der Waals surface area contributed by atoms with Crippen molar-refractivity contribution in [2.75, 3.05) is 19.6 Å². The Bertz CT molecular complexity index is 301. The Morgan fingerprint density at radius 2 is 2.22 bits per heavy atom. The summed E-state index contributed by atoms with van der Waals surface area (Å²) in [5, 5.41) is 0. The number of likely N-dealkylation sites (tertiary alicyclic amines) is 1. The van der Waals surface area contributed by atoms with Crippen LogP contribution in [0.5, 0.6) is 0 Å². The van der Waals surface area contributed by atoms with Crippen molar-refractivity contribution in [2.45, 2.75) is 51.7 Å². The molecule has 106 valence electrons. The Hall–Kier alpha value is -0.320. The van der Waals surface area contributed by atoms with Crippen molar-refractivity contribution in [3.05, 3.63) is 0 Å². The van der Waals surface area contributed by atoms with Gasteiger partial charge in [-0.3, -0.25) is 4.79 Å². The zero-order valence-corrected chi connectivity index (χ0v) is 12.2. The molecule has 1 amide bonds. The summed E-state index contributed by atoms with van der Waals surface area (Å²) in [4.78, 5) is 14.3. The Morgan fingerprint density at radius 3 is 2.72 bits per heavy atom. The van der Waals surface area contributed by atoms with Gasteiger partial charge in [0.05, 0.1) is 6.10 Å². The standard InChI is InChI=1S/C13H24N2O2.ClH/c1-3-13(2)6-7-15(9-13)12(16)11-5-4-10(8-14)17-11;/h10-11H,3-9,14H2,1-2H3;1H/t10-,11+,13?;/m1./s1. The van der Waals surface area contributed by atoms with E-state index in [0.717, 1.165) is 38.8 Å². The highest BCUT2D eigenvalue weighted by Crippen LogP contribution is 2.34. The molecular formula is C13H25ClN2O2. The summed E-state index contributed by atoms with van der Waals surface area (Å²) in [6.07, 6.45) is 3.86. The monoisotopic (exact) mass is 276 g/mol. The zero-order valence-electron chi connectivity index (χ0n) is 11.4. The minimum atomic E-state index is -0.234.